The summed E-state index contributed by atoms with van der Waals surface area (Å²) >= 11 is 1.70. The quantitative estimate of drug-likeness (QED) is 0.774. The van der Waals surface area contributed by atoms with Crippen LogP contribution in [0.1, 0.15) is 32.6 Å². The van der Waals surface area contributed by atoms with Crippen molar-refractivity contribution in [2.45, 2.75) is 34.2 Å². The van der Waals surface area contributed by atoms with Gasteiger partial charge in [0.1, 0.15) is 0 Å². The summed E-state index contributed by atoms with van der Waals surface area (Å²) < 4.78 is 0. The predicted octanol–water partition coefficient (Wildman–Crippen LogP) is 3.14. The summed E-state index contributed by atoms with van der Waals surface area (Å²) in [7, 11) is 0. The van der Waals surface area contributed by atoms with Gasteiger partial charge in [0.25, 0.3) is 0 Å². The van der Waals surface area contributed by atoms with Gasteiger partial charge in [-0.1, -0.05) is 26.8 Å². The number of hydrogen-bond acceptors (Lipinski definition) is 2. The van der Waals surface area contributed by atoms with Crippen LogP contribution in [-0.4, -0.2) is 17.4 Å². The molecule has 1 aromatic rings. The van der Waals surface area contributed by atoms with Gasteiger partial charge in [-0.25, -0.2) is 0 Å². The average Bonchev–Trinajstić information content (AvgIpc) is 2.64. The molecule has 0 unspecified atom stereocenters. The second-order valence-corrected chi connectivity index (χ2v) is 5.68. The van der Waals surface area contributed by atoms with Crippen LogP contribution in [0, 0.1) is 5.41 Å². The molecule has 0 aliphatic heterocycles. The lowest BCUT2D eigenvalue weighted by Gasteiger charge is -2.28. The van der Waals surface area contributed by atoms with Crippen LogP contribution in [0.3, 0.4) is 0 Å². The first-order chi connectivity index (χ1) is 6.95. The largest absolute Gasteiger partial charge is 0.337 e. The van der Waals surface area contributed by atoms with Gasteiger partial charge in [0.15, 0.2) is 0 Å². The highest BCUT2D eigenvalue weighted by molar-refractivity contribution is 7.09. The van der Waals surface area contributed by atoms with E-state index in [4.69, 9.17) is 0 Å². The third-order valence-corrected chi connectivity index (χ3v) is 3.10. The Hall–Kier alpha value is -0.830. The van der Waals surface area contributed by atoms with E-state index in [2.05, 4.69) is 6.07 Å². The summed E-state index contributed by atoms with van der Waals surface area (Å²) in [6, 6.07) is 4.10. The molecule has 2 nitrogen and oxygen atoms in total. The fourth-order valence-electron chi connectivity index (χ4n) is 1.39. The maximum atomic E-state index is 12.1. The van der Waals surface area contributed by atoms with Gasteiger partial charge in [-0.05, 0) is 18.4 Å². The van der Waals surface area contributed by atoms with Gasteiger partial charge in [-0.15, -0.1) is 11.3 Å². The Morgan fingerprint density at radius 1 is 1.47 bits per heavy atom. The molecular weight excluding hydrogens is 206 g/mol. The molecule has 0 N–H and O–H groups in total. The smallest absolute Gasteiger partial charge is 0.228 e. The van der Waals surface area contributed by atoms with Gasteiger partial charge >= 0.3 is 0 Å². The zero-order valence-corrected chi connectivity index (χ0v) is 10.7. The van der Waals surface area contributed by atoms with Crippen LogP contribution in [0.4, 0.5) is 0 Å². The van der Waals surface area contributed by atoms with E-state index in [0.29, 0.717) is 0 Å². The minimum atomic E-state index is -0.284. The molecule has 0 aliphatic carbocycles. The molecular formula is C12H19NOS. The van der Waals surface area contributed by atoms with Gasteiger partial charge in [0, 0.05) is 16.8 Å². The standard InChI is InChI=1S/C12H19NOS/c1-5-13(11(14)12(2,3)4)9-10-7-6-8-15-10/h6-8H,5,9H2,1-4H3. The van der Waals surface area contributed by atoms with Crippen LogP contribution < -0.4 is 0 Å². The average molecular weight is 225 g/mol. The van der Waals surface area contributed by atoms with Crippen LogP contribution in [0.25, 0.3) is 0 Å². The summed E-state index contributed by atoms with van der Waals surface area (Å²) in [6.07, 6.45) is 0. The van der Waals surface area contributed by atoms with E-state index in [9.17, 15) is 4.79 Å². The van der Waals surface area contributed by atoms with Crippen LogP contribution in [0.2, 0.25) is 0 Å². The normalized spacial score (nSPS) is 11.5. The number of carbonyl (C=O) groups excluding carboxylic acids is 1. The molecule has 0 saturated carbocycles. The van der Waals surface area contributed by atoms with Crippen molar-refractivity contribution in [2.24, 2.45) is 5.41 Å². The lowest BCUT2D eigenvalue weighted by Crippen LogP contribution is -2.38. The first-order valence-electron chi connectivity index (χ1n) is 5.27. The van der Waals surface area contributed by atoms with Crippen molar-refractivity contribution in [1.82, 2.24) is 4.90 Å². The molecule has 0 bridgehead atoms. The Morgan fingerprint density at radius 3 is 2.53 bits per heavy atom. The van der Waals surface area contributed by atoms with E-state index in [1.165, 1.54) is 4.88 Å². The van der Waals surface area contributed by atoms with Crippen molar-refractivity contribution in [2.75, 3.05) is 6.54 Å². The minimum Gasteiger partial charge on any atom is -0.337 e. The molecule has 0 atom stereocenters. The molecule has 0 aliphatic rings. The molecule has 15 heavy (non-hydrogen) atoms. The maximum absolute atomic E-state index is 12.1. The molecule has 0 radical (unpaired) electrons. The van der Waals surface area contributed by atoms with Gasteiger partial charge in [0.05, 0.1) is 6.54 Å². The number of hydrogen-bond donors (Lipinski definition) is 0. The topological polar surface area (TPSA) is 20.3 Å². The summed E-state index contributed by atoms with van der Waals surface area (Å²) in [5, 5.41) is 2.05. The van der Waals surface area contributed by atoms with E-state index in [1.807, 2.05) is 44.0 Å². The molecule has 0 fully saturated rings. The van der Waals surface area contributed by atoms with Crippen LogP contribution in [0.5, 0.6) is 0 Å². The molecule has 0 saturated heterocycles. The van der Waals surface area contributed by atoms with Crippen molar-refractivity contribution >= 4 is 17.2 Å². The van der Waals surface area contributed by atoms with E-state index >= 15 is 0 Å². The Bertz CT molecular complexity index is 311. The maximum Gasteiger partial charge on any atom is 0.228 e. The predicted molar refractivity (Wildman–Crippen MR) is 64.9 cm³/mol. The van der Waals surface area contributed by atoms with Crippen molar-refractivity contribution in [3.05, 3.63) is 22.4 Å². The zero-order valence-electron chi connectivity index (χ0n) is 9.91. The number of amides is 1. The van der Waals surface area contributed by atoms with Gasteiger partial charge in [0.2, 0.25) is 5.91 Å². The lowest BCUT2D eigenvalue weighted by molar-refractivity contribution is -0.139. The number of carbonyl (C=O) groups is 1. The number of thiophene rings is 1. The molecule has 0 spiro atoms. The second-order valence-electron chi connectivity index (χ2n) is 4.65. The van der Waals surface area contributed by atoms with Crippen molar-refractivity contribution < 1.29 is 4.79 Å². The lowest BCUT2D eigenvalue weighted by atomic mass is 9.94. The third kappa shape index (κ3) is 3.34. The van der Waals surface area contributed by atoms with E-state index in [0.717, 1.165) is 13.1 Å². The summed E-state index contributed by atoms with van der Waals surface area (Å²) in [6.45, 7) is 9.43. The van der Waals surface area contributed by atoms with Crippen LogP contribution in [-0.2, 0) is 11.3 Å². The molecule has 1 rings (SSSR count). The van der Waals surface area contributed by atoms with Crippen LogP contribution in [0.15, 0.2) is 17.5 Å². The van der Waals surface area contributed by atoms with Gasteiger partial charge in [-0.3, -0.25) is 4.79 Å². The van der Waals surface area contributed by atoms with E-state index in [1.54, 1.807) is 11.3 Å². The number of nitrogens with zero attached hydrogens (tertiary/aromatic N) is 1. The highest BCUT2D eigenvalue weighted by Crippen LogP contribution is 2.20. The van der Waals surface area contributed by atoms with E-state index in [-0.39, 0.29) is 11.3 Å². The highest BCUT2D eigenvalue weighted by Gasteiger charge is 2.26. The Balaban J connectivity index is 2.69. The third-order valence-electron chi connectivity index (χ3n) is 2.24. The fourth-order valence-corrected chi connectivity index (χ4v) is 2.11. The van der Waals surface area contributed by atoms with Crippen molar-refractivity contribution in [3.8, 4) is 0 Å². The minimum absolute atomic E-state index is 0.221. The molecule has 1 aromatic heterocycles. The first kappa shape index (κ1) is 12.2. The fraction of sp³-hybridized carbons (Fsp3) is 0.583. The van der Waals surface area contributed by atoms with Crippen molar-refractivity contribution in [1.29, 1.82) is 0 Å². The Kier molecular flexibility index (Phi) is 3.91. The Labute approximate surface area is 95.9 Å². The van der Waals surface area contributed by atoms with Crippen molar-refractivity contribution in [3.63, 3.8) is 0 Å². The monoisotopic (exact) mass is 225 g/mol. The SMILES string of the molecule is CCN(Cc1cccs1)C(=O)C(C)(C)C. The highest BCUT2D eigenvalue weighted by atomic mass is 32.1. The summed E-state index contributed by atoms with van der Waals surface area (Å²) in [4.78, 5) is 15.2. The number of rotatable bonds is 3. The molecule has 1 amide bonds. The Morgan fingerprint density at radius 2 is 2.13 bits per heavy atom. The van der Waals surface area contributed by atoms with Crippen LogP contribution >= 0.6 is 11.3 Å². The first-order valence-corrected chi connectivity index (χ1v) is 6.15. The molecule has 3 heteroatoms. The summed E-state index contributed by atoms with van der Waals surface area (Å²) in [5.41, 5.74) is -0.284. The van der Waals surface area contributed by atoms with Gasteiger partial charge < -0.3 is 4.90 Å². The van der Waals surface area contributed by atoms with E-state index < -0.39 is 0 Å². The molecule has 1 heterocycles. The summed E-state index contributed by atoms with van der Waals surface area (Å²) in [5.74, 6) is 0.221. The second kappa shape index (κ2) is 4.79. The molecule has 0 aromatic carbocycles. The van der Waals surface area contributed by atoms with Gasteiger partial charge in [-0.2, -0.15) is 0 Å². The zero-order chi connectivity index (χ0) is 11.5. The molecule has 84 valence electrons.